The van der Waals surface area contributed by atoms with Gasteiger partial charge in [-0.1, -0.05) is 11.6 Å². The van der Waals surface area contributed by atoms with E-state index in [-0.39, 0.29) is 34.4 Å². The molecule has 2 atom stereocenters. The molecule has 0 N–H and O–H groups in total. The number of morpholine rings is 1. The van der Waals surface area contributed by atoms with Crippen molar-refractivity contribution in [3.63, 3.8) is 0 Å². The average molecular weight is 299 g/mol. The summed E-state index contributed by atoms with van der Waals surface area (Å²) in [5, 5.41) is 10.9. The number of nitro benzene ring substituents is 1. The molecule has 2 rings (SSSR count). The number of benzene rings is 1. The van der Waals surface area contributed by atoms with Gasteiger partial charge in [-0.15, -0.1) is 0 Å². The summed E-state index contributed by atoms with van der Waals surface area (Å²) in [6.45, 7) is 4.72. The van der Waals surface area contributed by atoms with Crippen molar-refractivity contribution in [2.45, 2.75) is 26.1 Å². The van der Waals surface area contributed by atoms with Crippen molar-refractivity contribution in [2.24, 2.45) is 0 Å². The van der Waals surface area contributed by atoms with Gasteiger partial charge >= 0.3 is 0 Å². The number of halogens is 1. The predicted octanol–water partition coefficient (Wildman–Crippen LogP) is 2.50. The van der Waals surface area contributed by atoms with Gasteiger partial charge in [0.1, 0.15) is 5.02 Å². The van der Waals surface area contributed by atoms with E-state index in [4.69, 9.17) is 16.3 Å². The third-order valence-corrected chi connectivity index (χ3v) is 3.42. The van der Waals surface area contributed by atoms with Crippen LogP contribution in [0.5, 0.6) is 0 Å². The molecule has 108 valence electrons. The Bertz CT molecular complexity index is 539. The largest absolute Gasteiger partial charge is 0.372 e. The van der Waals surface area contributed by atoms with Crippen molar-refractivity contribution in [2.75, 3.05) is 13.1 Å². The zero-order chi connectivity index (χ0) is 14.9. The van der Waals surface area contributed by atoms with Crippen LogP contribution in [-0.2, 0) is 4.74 Å². The maximum atomic E-state index is 12.4. The van der Waals surface area contributed by atoms with Crippen LogP contribution >= 0.6 is 11.6 Å². The first-order valence-corrected chi connectivity index (χ1v) is 6.65. The van der Waals surface area contributed by atoms with Gasteiger partial charge in [0.15, 0.2) is 0 Å². The van der Waals surface area contributed by atoms with Gasteiger partial charge in [0.25, 0.3) is 11.6 Å². The lowest BCUT2D eigenvalue weighted by Gasteiger charge is -2.35. The Labute approximate surface area is 121 Å². The van der Waals surface area contributed by atoms with Crippen molar-refractivity contribution in [3.8, 4) is 0 Å². The minimum atomic E-state index is -0.594. The van der Waals surface area contributed by atoms with Crippen molar-refractivity contribution >= 4 is 23.2 Å². The SMILES string of the molecule is C[C@@H]1CN(C(=O)c2ccc(Cl)c([N+](=O)[O-])c2)C[C@@H](C)O1. The number of ether oxygens (including phenoxy) is 1. The van der Waals surface area contributed by atoms with E-state index in [0.29, 0.717) is 13.1 Å². The summed E-state index contributed by atoms with van der Waals surface area (Å²) in [4.78, 5) is 24.3. The number of nitro groups is 1. The third kappa shape index (κ3) is 3.08. The molecule has 1 aromatic carbocycles. The van der Waals surface area contributed by atoms with E-state index in [1.54, 1.807) is 4.90 Å². The first kappa shape index (κ1) is 14.7. The van der Waals surface area contributed by atoms with Crippen LogP contribution < -0.4 is 0 Å². The lowest BCUT2D eigenvalue weighted by Crippen LogP contribution is -2.48. The second-order valence-corrected chi connectivity index (χ2v) is 5.30. The Morgan fingerprint density at radius 2 is 2.00 bits per heavy atom. The first-order chi connectivity index (χ1) is 9.38. The molecule has 1 aromatic rings. The highest BCUT2D eigenvalue weighted by atomic mass is 35.5. The molecular formula is C13H15ClN2O4. The number of carbonyl (C=O) groups is 1. The van der Waals surface area contributed by atoms with Gasteiger partial charge in [-0.2, -0.15) is 0 Å². The maximum Gasteiger partial charge on any atom is 0.288 e. The summed E-state index contributed by atoms with van der Waals surface area (Å²) in [5.74, 6) is -0.244. The number of carbonyl (C=O) groups excluding carboxylic acids is 1. The molecule has 0 unspecified atom stereocenters. The molecule has 0 radical (unpaired) electrons. The normalized spacial score (nSPS) is 22.6. The van der Waals surface area contributed by atoms with Crippen molar-refractivity contribution in [1.82, 2.24) is 4.90 Å². The molecule has 0 saturated carbocycles. The second kappa shape index (κ2) is 5.76. The van der Waals surface area contributed by atoms with E-state index in [9.17, 15) is 14.9 Å². The number of nitrogens with zero attached hydrogens (tertiary/aromatic N) is 2. The Balaban J connectivity index is 2.25. The van der Waals surface area contributed by atoms with Crippen LogP contribution in [0.25, 0.3) is 0 Å². The molecule has 1 amide bonds. The molecule has 1 saturated heterocycles. The molecule has 0 aliphatic carbocycles. The molecule has 1 aliphatic rings. The molecule has 1 heterocycles. The number of hydrogen-bond acceptors (Lipinski definition) is 4. The Morgan fingerprint density at radius 1 is 1.40 bits per heavy atom. The van der Waals surface area contributed by atoms with Gasteiger partial charge in [-0.25, -0.2) is 0 Å². The lowest BCUT2D eigenvalue weighted by molar-refractivity contribution is -0.384. The van der Waals surface area contributed by atoms with Crippen LogP contribution in [0.15, 0.2) is 18.2 Å². The van der Waals surface area contributed by atoms with Gasteiger partial charge in [-0.3, -0.25) is 14.9 Å². The quantitative estimate of drug-likeness (QED) is 0.621. The highest BCUT2D eigenvalue weighted by Crippen LogP contribution is 2.26. The third-order valence-electron chi connectivity index (χ3n) is 3.10. The number of rotatable bonds is 2. The maximum absolute atomic E-state index is 12.4. The van der Waals surface area contributed by atoms with Gasteiger partial charge in [0.2, 0.25) is 0 Å². The monoisotopic (exact) mass is 298 g/mol. The van der Waals surface area contributed by atoms with E-state index in [0.717, 1.165) is 0 Å². The summed E-state index contributed by atoms with van der Waals surface area (Å²) in [6, 6.07) is 4.10. The van der Waals surface area contributed by atoms with Crippen LogP contribution in [0.1, 0.15) is 24.2 Å². The first-order valence-electron chi connectivity index (χ1n) is 6.27. The number of amides is 1. The molecular weight excluding hydrogens is 284 g/mol. The molecule has 7 heteroatoms. The smallest absolute Gasteiger partial charge is 0.288 e. The van der Waals surface area contributed by atoms with Crippen LogP contribution in [0.3, 0.4) is 0 Å². The van der Waals surface area contributed by atoms with Crippen LogP contribution in [0.4, 0.5) is 5.69 Å². The zero-order valence-electron chi connectivity index (χ0n) is 11.2. The van der Waals surface area contributed by atoms with Crippen molar-refractivity contribution in [3.05, 3.63) is 38.9 Å². The Morgan fingerprint density at radius 3 is 2.55 bits per heavy atom. The summed E-state index contributed by atoms with van der Waals surface area (Å²) in [7, 11) is 0. The van der Waals surface area contributed by atoms with Gasteiger partial charge < -0.3 is 9.64 Å². The predicted molar refractivity (Wildman–Crippen MR) is 74.0 cm³/mol. The fourth-order valence-electron chi connectivity index (χ4n) is 2.31. The van der Waals surface area contributed by atoms with Crippen LogP contribution in [-0.4, -0.2) is 41.0 Å². The standard InChI is InChI=1S/C13H15ClN2O4/c1-8-6-15(7-9(2)20-8)13(17)10-3-4-11(14)12(5-10)16(18)19/h3-5,8-9H,6-7H2,1-2H3/t8-,9-/m1/s1. The summed E-state index contributed by atoms with van der Waals surface area (Å²) in [5.41, 5.74) is 0.00859. The van der Waals surface area contributed by atoms with E-state index in [1.165, 1.54) is 18.2 Å². The highest BCUT2D eigenvalue weighted by molar-refractivity contribution is 6.32. The fourth-order valence-corrected chi connectivity index (χ4v) is 2.50. The molecule has 1 aliphatic heterocycles. The zero-order valence-corrected chi connectivity index (χ0v) is 12.0. The lowest BCUT2D eigenvalue weighted by atomic mass is 10.1. The Hall–Kier alpha value is -1.66. The summed E-state index contributed by atoms with van der Waals surface area (Å²) >= 11 is 5.74. The minimum Gasteiger partial charge on any atom is -0.372 e. The average Bonchev–Trinajstić information content (AvgIpc) is 2.37. The molecule has 0 bridgehead atoms. The molecule has 0 spiro atoms. The van der Waals surface area contributed by atoms with Gasteiger partial charge in [0, 0.05) is 24.7 Å². The van der Waals surface area contributed by atoms with E-state index >= 15 is 0 Å². The van der Waals surface area contributed by atoms with Gasteiger partial charge in [-0.05, 0) is 26.0 Å². The molecule has 6 nitrogen and oxygen atoms in total. The molecule has 20 heavy (non-hydrogen) atoms. The second-order valence-electron chi connectivity index (χ2n) is 4.89. The highest BCUT2D eigenvalue weighted by Gasteiger charge is 2.27. The van der Waals surface area contributed by atoms with E-state index < -0.39 is 4.92 Å². The fraction of sp³-hybridized carbons (Fsp3) is 0.462. The summed E-state index contributed by atoms with van der Waals surface area (Å²) in [6.07, 6.45) is -0.102. The van der Waals surface area contributed by atoms with E-state index in [1.807, 2.05) is 13.8 Å². The van der Waals surface area contributed by atoms with Gasteiger partial charge in [0.05, 0.1) is 17.1 Å². The van der Waals surface area contributed by atoms with Crippen LogP contribution in [0.2, 0.25) is 5.02 Å². The van der Waals surface area contributed by atoms with Crippen LogP contribution in [0, 0.1) is 10.1 Å². The number of hydrogen-bond donors (Lipinski definition) is 0. The molecule has 1 fully saturated rings. The summed E-state index contributed by atoms with van der Waals surface area (Å²) < 4.78 is 5.56. The topological polar surface area (TPSA) is 72.7 Å². The molecule has 0 aromatic heterocycles. The van der Waals surface area contributed by atoms with Crippen molar-refractivity contribution in [1.29, 1.82) is 0 Å². The van der Waals surface area contributed by atoms with E-state index in [2.05, 4.69) is 0 Å². The Kier molecular flexibility index (Phi) is 4.25. The van der Waals surface area contributed by atoms with Crippen molar-refractivity contribution < 1.29 is 14.5 Å². The minimum absolute atomic E-state index is 0.0234.